The van der Waals surface area contributed by atoms with Gasteiger partial charge in [0.2, 0.25) is 0 Å². The predicted octanol–water partition coefficient (Wildman–Crippen LogP) is 7.74. The molecule has 0 radical (unpaired) electrons. The van der Waals surface area contributed by atoms with Crippen molar-refractivity contribution in [3.8, 4) is 18.2 Å². The van der Waals surface area contributed by atoms with Crippen LogP contribution in [-0.4, -0.2) is 6.85 Å². The van der Waals surface area contributed by atoms with Crippen molar-refractivity contribution < 1.29 is 0 Å². The largest absolute Gasteiger partial charge is 0.374 e. The van der Waals surface area contributed by atoms with E-state index in [9.17, 15) is 15.8 Å². The molecule has 0 saturated carbocycles. The van der Waals surface area contributed by atoms with Crippen molar-refractivity contribution in [3.05, 3.63) is 158 Å². The maximum absolute atomic E-state index is 10.7. The highest BCUT2D eigenvalue weighted by molar-refractivity contribution is 6.90. The highest BCUT2D eigenvalue weighted by Gasteiger charge is 2.54. The predicted molar refractivity (Wildman–Crippen MR) is 190 cm³/mol. The third-order valence-corrected chi connectivity index (χ3v) is 11.3. The lowest BCUT2D eigenvalue weighted by Crippen LogP contribution is -2.65. The van der Waals surface area contributed by atoms with Crippen LogP contribution < -0.4 is 15.7 Å². The van der Waals surface area contributed by atoms with E-state index in [1.54, 1.807) is 12.1 Å². The Kier molecular flexibility index (Phi) is 5.94. The van der Waals surface area contributed by atoms with Gasteiger partial charge in [-0.05, 0) is 75.0 Å². The number of anilines is 2. The maximum Gasteiger partial charge on any atom is 0.328 e. The van der Waals surface area contributed by atoms with Gasteiger partial charge in [-0.2, -0.15) is 15.8 Å². The van der Waals surface area contributed by atoms with Gasteiger partial charge in [-0.1, -0.05) is 100 Å². The summed E-state index contributed by atoms with van der Waals surface area (Å²) in [5.74, 6) is 0. The van der Waals surface area contributed by atoms with Gasteiger partial charge in [-0.3, -0.25) is 0 Å². The molecular formula is C42H30BN5. The number of fused-ring (bicyclic) bond motifs is 6. The molecule has 0 aromatic heterocycles. The van der Waals surface area contributed by atoms with E-state index in [1.165, 1.54) is 27.8 Å². The first-order valence-corrected chi connectivity index (χ1v) is 16.1. The van der Waals surface area contributed by atoms with Crippen molar-refractivity contribution in [2.75, 3.05) is 4.81 Å². The lowest BCUT2D eigenvalue weighted by molar-refractivity contribution is 0.544. The Balaban J connectivity index is 1.57. The molecule has 8 rings (SSSR count). The molecule has 0 fully saturated rings. The number of rotatable bonds is 1. The van der Waals surface area contributed by atoms with Crippen LogP contribution in [0.2, 0.25) is 0 Å². The Bertz CT molecular complexity index is 2360. The molecule has 6 heteroatoms. The topological polar surface area (TPSA) is 79.0 Å². The molecule has 0 spiro atoms. The van der Waals surface area contributed by atoms with Gasteiger partial charge in [-0.25, -0.2) is 4.85 Å². The van der Waals surface area contributed by atoms with E-state index in [4.69, 9.17) is 6.57 Å². The molecule has 1 aliphatic carbocycles. The van der Waals surface area contributed by atoms with Crippen LogP contribution in [0.5, 0.6) is 0 Å². The molecular weight excluding hydrogens is 585 g/mol. The molecule has 5 aromatic carbocycles. The van der Waals surface area contributed by atoms with Gasteiger partial charge >= 0.3 is 6.85 Å². The second-order valence-electron chi connectivity index (χ2n) is 14.3. The molecule has 5 nitrogen and oxygen atoms in total. The van der Waals surface area contributed by atoms with Gasteiger partial charge in [0, 0.05) is 21.9 Å². The zero-order chi connectivity index (χ0) is 33.7. The standard InChI is InChI=1S/C42H30BN5/c1-40(2)29-12-7-8-13-30(29)42(5)31-14-9-10-16-35(31)43(36-17-11-15-32(40)37(36)42)48-38-26(23-45)18-25(22-44)19-33(38)41(3,4)34-21-28(47-6)20-27(24-46)39(34)48/h7-21H,1-5H3. The fraction of sp³-hybridized carbons (Fsp3) is 0.190. The highest BCUT2D eigenvalue weighted by Crippen LogP contribution is 2.56. The van der Waals surface area contributed by atoms with E-state index in [0.29, 0.717) is 33.8 Å². The van der Waals surface area contributed by atoms with Gasteiger partial charge in [0.25, 0.3) is 0 Å². The Morgan fingerprint density at radius 1 is 0.604 bits per heavy atom. The normalized spacial score (nSPS) is 18.4. The molecule has 226 valence electrons. The van der Waals surface area contributed by atoms with Crippen LogP contribution in [0, 0.1) is 40.6 Å². The van der Waals surface area contributed by atoms with Gasteiger partial charge in [-0.15, -0.1) is 0 Å². The molecule has 0 saturated heterocycles. The minimum absolute atomic E-state index is 0.278. The average molecular weight is 616 g/mol. The van der Waals surface area contributed by atoms with Crippen molar-refractivity contribution in [2.24, 2.45) is 0 Å². The van der Waals surface area contributed by atoms with Gasteiger partial charge < -0.3 is 4.81 Å². The van der Waals surface area contributed by atoms with Crippen LogP contribution in [0.3, 0.4) is 0 Å². The number of hydrogen-bond acceptors (Lipinski definition) is 4. The van der Waals surface area contributed by atoms with Gasteiger partial charge in [0.15, 0.2) is 5.69 Å². The summed E-state index contributed by atoms with van der Waals surface area (Å²) < 4.78 is 0. The summed E-state index contributed by atoms with van der Waals surface area (Å²) in [6, 6.07) is 38.1. The first-order chi connectivity index (χ1) is 23.0. The van der Waals surface area contributed by atoms with Gasteiger partial charge in [0.1, 0.15) is 6.07 Å². The molecule has 3 aliphatic rings. The van der Waals surface area contributed by atoms with E-state index in [2.05, 4.69) is 129 Å². The first-order valence-electron chi connectivity index (χ1n) is 16.1. The van der Waals surface area contributed by atoms with Crippen molar-refractivity contribution >= 4 is 34.8 Å². The molecule has 0 amide bonds. The summed E-state index contributed by atoms with van der Waals surface area (Å²) in [4.78, 5) is 5.93. The third kappa shape index (κ3) is 3.48. The SMILES string of the molecule is [C-]#[N+]c1cc(C#N)c2c(c1)C(C)(C)c1cc(C#N)cc(C#N)c1N2B1c2ccccc2C2(C)c3ccccc3C(C)(C)c3cccc1c32. The van der Waals surface area contributed by atoms with E-state index in [0.717, 1.165) is 22.1 Å². The van der Waals surface area contributed by atoms with Crippen molar-refractivity contribution in [1.29, 1.82) is 15.8 Å². The monoisotopic (exact) mass is 615 g/mol. The summed E-state index contributed by atoms with van der Waals surface area (Å²) >= 11 is 0. The molecule has 1 atom stereocenters. The van der Waals surface area contributed by atoms with Crippen molar-refractivity contribution in [1.82, 2.24) is 0 Å². The van der Waals surface area contributed by atoms with Crippen LogP contribution in [0.25, 0.3) is 4.85 Å². The highest BCUT2D eigenvalue weighted by atomic mass is 15.1. The maximum atomic E-state index is 10.7. The minimum Gasteiger partial charge on any atom is -0.374 e. The van der Waals surface area contributed by atoms with E-state index >= 15 is 0 Å². The fourth-order valence-corrected chi connectivity index (χ4v) is 9.08. The molecule has 0 N–H and O–H groups in total. The second-order valence-corrected chi connectivity index (χ2v) is 14.3. The first kappa shape index (κ1) is 29.3. The zero-order valence-electron chi connectivity index (χ0n) is 27.5. The van der Waals surface area contributed by atoms with E-state index in [-0.39, 0.29) is 5.41 Å². The van der Waals surface area contributed by atoms with Crippen LogP contribution in [-0.2, 0) is 16.2 Å². The summed E-state index contributed by atoms with van der Waals surface area (Å²) in [5, 5.41) is 31.5. The summed E-state index contributed by atoms with van der Waals surface area (Å²) in [5.41, 5.74) is 11.6. The summed E-state index contributed by atoms with van der Waals surface area (Å²) in [7, 11) is 0. The minimum atomic E-state index is -0.717. The smallest absolute Gasteiger partial charge is 0.328 e. The third-order valence-electron chi connectivity index (χ3n) is 11.3. The molecule has 2 aliphatic heterocycles. The molecule has 48 heavy (non-hydrogen) atoms. The molecule has 1 unspecified atom stereocenters. The lowest BCUT2D eigenvalue weighted by atomic mass is 9.37. The molecule has 5 aromatic rings. The van der Waals surface area contributed by atoms with E-state index < -0.39 is 17.7 Å². The molecule has 2 heterocycles. The Morgan fingerprint density at radius 2 is 1.17 bits per heavy atom. The zero-order valence-corrected chi connectivity index (χ0v) is 27.5. The summed E-state index contributed by atoms with van der Waals surface area (Å²) in [6.07, 6.45) is 0. The Labute approximate surface area is 281 Å². The van der Waals surface area contributed by atoms with Crippen LogP contribution in [0.4, 0.5) is 17.1 Å². The van der Waals surface area contributed by atoms with Crippen LogP contribution in [0.15, 0.2) is 91.0 Å². The van der Waals surface area contributed by atoms with Crippen LogP contribution in [0.1, 0.15) is 90.3 Å². The van der Waals surface area contributed by atoms with E-state index in [1.807, 2.05) is 12.1 Å². The number of nitrogens with zero attached hydrogens (tertiary/aromatic N) is 5. The quantitative estimate of drug-likeness (QED) is 0.143. The van der Waals surface area contributed by atoms with Crippen molar-refractivity contribution in [2.45, 2.75) is 50.9 Å². The Morgan fingerprint density at radius 3 is 1.83 bits per heavy atom. The van der Waals surface area contributed by atoms with Crippen molar-refractivity contribution in [3.63, 3.8) is 0 Å². The number of nitriles is 3. The second kappa shape index (κ2) is 9.72. The fourth-order valence-electron chi connectivity index (χ4n) is 9.08. The average Bonchev–Trinajstić information content (AvgIpc) is 3.11. The summed E-state index contributed by atoms with van der Waals surface area (Å²) in [6.45, 7) is 18.5. The lowest BCUT2D eigenvalue weighted by Gasteiger charge is -2.53. The van der Waals surface area contributed by atoms with Gasteiger partial charge in [0.05, 0.1) is 41.1 Å². The van der Waals surface area contributed by atoms with Crippen LogP contribution >= 0.6 is 0 Å². The molecule has 0 bridgehead atoms. The number of hydrogen-bond donors (Lipinski definition) is 0. The Hall–Kier alpha value is -6.08. The number of benzene rings is 5.